The van der Waals surface area contributed by atoms with Crippen molar-refractivity contribution >= 4 is 31.5 Å². The van der Waals surface area contributed by atoms with Crippen LogP contribution in [-0.4, -0.2) is 24.6 Å². The van der Waals surface area contributed by atoms with E-state index in [1.807, 2.05) is 6.07 Å². The Labute approximate surface area is 120 Å². The molecule has 0 atom stereocenters. The van der Waals surface area contributed by atoms with Gasteiger partial charge in [-0.05, 0) is 39.7 Å². The van der Waals surface area contributed by atoms with Crippen molar-refractivity contribution in [3.63, 3.8) is 0 Å². The fourth-order valence-corrected chi connectivity index (χ4v) is 2.43. The van der Waals surface area contributed by atoms with Gasteiger partial charge in [0.15, 0.2) is 14.9 Å². The summed E-state index contributed by atoms with van der Waals surface area (Å²) in [6, 6.07) is 5.13. The Morgan fingerprint density at radius 2 is 2.05 bits per heavy atom. The molecule has 0 radical (unpaired) electrons. The molecule has 0 aliphatic carbocycles. The van der Waals surface area contributed by atoms with Gasteiger partial charge in [0.2, 0.25) is 0 Å². The molecule has 0 saturated carbocycles. The van der Waals surface area contributed by atoms with Crippen LogP contribution in [0.4, 0.5) is 5.69 Å². The van der Waals surface area contributed by atoms with Crippen molar-refractivity contribution in [3.8, 4) is 0 Å². The number of nitrogens with one attached hydrogen (secondary N) is 1. The highest BCUT2D eigenvalue weighted by Crippen LogP contribution is 2.13. The first-order valence-electron chi connectivity index (χ1n) is 5.44. The van der Waals surface area contributed by atoms with E-state index < -0.39 is 9.84 Å². The predicted molar refractivity (Wildman–Crippen MR) is 76.6 cm³/mol. The maximum Gasteiger partial charge on any atom is 0.192 e. The number of hydrogen-bond donors (Lipinski definition) is 1. The molecule has 0 aromatic carbocycles. The highest BCUT2D eigenvalue weighted by molar-refractivity contribution is 9.10. The van der Waals surface area contributed by atoms with Crippen molar-refractivity contribution in [2.75, 3.05) is 11.6 Å². The van der Waals surface area contributed by atoms with E-state index >= 15 is 0 Å². The van der Waals surface area contributed by atoms with Crippen LogP contribution in [0, 0.1) is 0 Å². The molecule has 0 saturated heterocycles. The van der Waals surface area contributed by atoms with E-state index in [1.165, 1.54) is 12.3 Å². The fourth-order valence-electron chi connectivity index (χ4n) is 1.46. The van der Waals surface area contributed by atoms with E-state index in [-0.39, 0.29) is 5.03 Å². The Balaban J connectivity index is 2.05. The van der Waals surface area contributed by atoms with Crippen LogP contribution in [0.2, 0.25) is 0 Å². The first kappa shape index (κ1) is 14.0. The summed E-state index contributed by atoms with van der Waals surface area (Å²) in [5.74, 6) is 0. The maximum absolute atomic E-state index is 11.3. The Morgan fingerprint density at radius 3 is 2.63 bits per heavy atom. The molecule has 5 nitrogen and oxygen atoms in total. The van der Waals surface area contributed by atoms with Gasteiger partial charge in [-0.2, -0.15) is 0 Å². The van der Waals surface area contributed by atoms with Crippen LogP contribution in [0.25, 0.3) is 0 Å². The number of rotatable bonds is 4. The summed E-state index contributed by atoms with van der Waals surface area (Å²) in [6.07, 6.45) is 6.11. The van der Waals surface area contributed by atoms with Gasteiger partial charge in [0, 0.05) is 29.7 Å². The van der Waals surface area contributed by atoms with Gasteiger partial charge in [-0.1, -0.05) is 0 Å². The predicted octanol–water partition coefficient (Wildman–Crippen LogP) is 2.25. The standard InChI is InChI=1S/C12H12BrN3O2S/c1-19(17,18)12-3-2-11(8-16-12)15-6-9-4-10(13)7-14-5-9/h2-5,7-8,15H,6H2,1H3. The van der Waals surface area contributed by atoms with E-state index in [9.17, 15) is 8.42 Å². The summed E-state index contributed by atoms with van der Waals surface area (Å²) in [6.45, 7) is 0.590. The van der Waals surface area contributed by atoms with Gasteiger partial charge in [0.05, 0.1) is 11.9 Å². The quantitative estimate of drug-likeness (QED) is 0.923. The number of pyridine rings is 2. The molecule has 19 heavy (non-hydrogen) atoms. The van der Waals surface area contributed by atoms with E-state index in [4.69, 9.17) is 0 Å². The number of sulfone groups is 1. The first-order valence-corrected chi connectivity index (χ1v) is 8.13. The molecule has 0 spiro atoms. The van der Waals surface area contributed by atoms with Crippen molar-refractivity contribution in [1.82, 2.24) is 9.97 Å². The molecular formula is C12H12BrN3O2S. The fraction of sp³-hybridized carbons (Fsp3) is 0.167. The molecule has 1 N–H and O–H groups in total. The van der Waals surface area contributed by atoms with Gasteiger partial charge < -0.3 is 5.32 Å². The number of aromatic nitrogens is 2. The van der Waals surface area contributed by atoms with Gasteiger partial charge in [0.25, 0.3) is 0 Å². The van der Waals surface area contributed by atoms with E-state index in [1.54, 1.807) is 18.5 Å². The second-order valence-corrected chi connectivity index (χ2v) is 6.90. The van der Waals surface area contributed by atoms with E-state index in [2.05, 4.69) is 31.2 Å². The average molecular weight is 342 g/mol. The van der Waals surface area contributed by atoms with Crippen LogP contribution in [0.5, 0.6) is 0 Å². The lowest BCUT2D eigenvalue weighted by molar-refractivity contribution is 0.598. The van der Waals surface area contributed by atoms with Crippen LogP contribution >= 0.6 is 15.9 Å². The summed E-state index contributed by atoms with van der Waals surface area (Å²) in [4.78, 5) is 7.97. The molecule has 0 amide bonds. The first-order chi connectivity index (χ1) is 8.95. The molecule has 2 rings (SSSR count). The van der Waals surface area contributed by atoms with Crippen LogP contribution in [0.3, 0.4) is 0 Å². The highest BCUT2D eigenvalue weighted by atomic mass is 79.9. The maximum atomic E-state index is 11.3. The van der Waals surface area contributed by atoms with Gasteiger partial charge in [-0.3, -0.25) is 4.98 Å². The topological polar surface area (TPSA) is 72.0 Å². The van der Waals surface area contributed by atoms with Crippen molar-refractivity contribution in [2.24, 2.45) is 0 Å². The summed E-state index contributed by atoms with van der Waals surface area (Å²) in [5, 5.41) is 3.22. The Bertz CT molecular complexity index is 672. The molecule has 0 aliphatic rings. The zero-order valence-corrected chi connectivity index (χ0v) is 12.6. The third kappa shape index (κ3) is 4.00. The van der Waals surface area contributed by atoms with E-state index in [0.29, 0.717) is 6.54 Å². The molecule has 2 heterocycles. The molecule has 2 aromatic heterocycles. The normalized spacial score (nSPS) is 11.3. The molecule has 0 unspecified atom stereocenters. The van der Waals surface area contributed by atoms with Crippen LogP contribution in [-0.2, 0) is 16.4 Å². The molecule has 0 bridgehead atoms. The summed E-state index contributed by atoms with van der Waals surface area (Å²) >= 11 is 3.35. The Kier molecular flexibility index (Phi) is 4.16. The minimum absolute atomic E-state index is 0.0715. The highest BCUT2D eigenvalue weighted by Gasteiger charge is 2.07. The minimum atomic E-state index is -3.25. The Hall–Kier alpha value is -1.47. The molecule has 2 aromatic rings. The van der Waals surface area contributed by atoms with Gasteiger partial charge in [-0.25, -0.2) is 13.4 Å². The lowest BCUT2D eigenvalue weighted by Gasteiger charge is -2.06. The Morgan fingerprint density at radius 1 is 1.26 bits per heavy atom. The zero-order chi connectivity index (χ0) is 13.9. The number of nitrogens with zero attached hydrogens (tertiary/aromatic N) is 2. The second kappa shape index (κ2) is 5.66. The lowest BCUT2D eigenvalue weighted by Crippen LogP contribution is -2.03. The number of hydrogen-bond acceptors (Lipinski definition) is 5. The second-order valence-electron chi connectivity index (χ2n) is 4.02. The molecule has 0 fully saturated rings. The van der Waals surface area contributed by atoms with Gasteiger partial charge >= 0.3 is 0 Å². The van der Waals surface area contributed by atoms with Crippen LogP contribution in [0.1, 0.15) is 5.56 Å². The molecule has 100 valence electrons. The largest absolute Gasteiger partial charge is 0.380 e. The smallest absolute Gasteiger partial charge is 0.192 e. The molecule has 7 heteroatoms. The van der Waals surface area contributed by atoms with Crippen LogP contribution < -0.4 is 5.32 Å². The minimum Gasteiger partial charge on any atom is -0.380 e. The van der Waals surface area contributed by atoms with Crippen molar-refractivity contribution < 1.29 is 8.42 Å². The van der Waals surface area contributed by atoms with Gasteiger partial charge in [-0.15, -0.1) is 0 Å². The van der Waals surface area contributed by atoms with Gasteiger partial charge in [0.1, 0.15) is 0 Å². The van der Waals surface area contributed by atoms with Crippen molar-refractivity contribution in [1.29, 1.82) is 0 Å². The third-order valence-electron chi connectivity index (χ3n) is 2.37. The number of halogens is 1. The van der Waals surface area contributed by atoms with E-state index in [0.717, 1.165) is 22.0 Å². The summed E-state index contributed by atoms with van der Waals surface area (Å²) in [5.41, 5.74) is 1.77. The lowest BCUT2D eigenvalue weighted by atomic mass is 10.3. The van der Waals surface area contributed by atoms with Crippen molar-refractivity contribution in [2.45, 2.75) is 11.6 Å². The molecule has 0 aliphatic heterocycles. The number of anilines is 1. The van der Waals surface area contributed by atoms with Crippen LogP contribution in [0.15, 0.2) is 46.3 Å². The third-order valence-corrected chi connectivity index (χ3v) is 3.81. The summed E-state index contributed by atoms with van der Waals surface area (Å²) < 4.78 is 23.4. The molecular weight excluding hydrogens is 330 g/mol. The summed E-state index contributed by atoms with van der Waals surface area (Å²) in [7, 11) is -3.25. The SMILES string of the molecule is CS(=O)(=O)c1ccc(NCc2cncc(Br)c2)cn1. The average Bonchev–Trinajstić information content (AvgIpc) is 2.36. The zero-order valence-electron chi connectivity index (χ0n) is 10.2. The monoisotopic (exact) mass is 341 g/mol. The van der Waals surface area contributed by atoms with Crippen molar-refractivity contribution in [3.05, 3.63) is 46.8 Å².